The summed E-state index contributed by atoms with van der Waals surface area (Å²) in [7, 11) is 0. The van der Waals surface area contributed by atoms with Crippen molar-refractivity contribution in [2.45, 2.75) is 0 Å². The molecule has 0 N–H and O–H groups in total. The molecule has 1 nitrogen and oxygen atoms in total. The van der Waals surface area contributed by atoms with E-state index in [0.29, 0.717) is 0 Å². The maximum Gasteiger partial charge on any atom is 0.143 e. The van der Waals surface area contributed by atoms with Crippen molar-refractivity contribution in [1.29, 1.82) is 0 Å². The molecule has 1 heterocycles. The van der Waals surface area contributed by atoms with Crippen molar-refractivity contribution in [2.24, 2.45) is 0 Å². The molecule has 12 rings (SSSR count). The summed E-state index contributed by atoms with van der Waals surface area (Å²) in [5.74, 6) is 0. The fourth-order valence-electron chi connectivity index (χ4n) is 9.43. The molecule has 0 unspecified atom stereocenters. The molecular weight excluding hydrogens is 665 g/mol. The van der Waals surface area contributed by atoms with Gasteiger partial charge in [-0.1, -0.05) is 176 Å². The average Bonchev–Trinajstić information content (AvgIpc) is 3.62. The zero-order valence-electron chi connectivity index (χ0n) is 29.9. The van der Waals surface area contributed by atoms with E-state index in [4.69, 9.17) is 4.42 Å². The van der Waals surface area contributed by atoms with E-state index in [1.807, 2.05) is 0 Å². The molecule has 0 saturated carbocycles. The predicted molar refractivity (Wildman–Crippen MR) is 232 cm³/mol. The first-order chi connectivity index (χ1) is 27.3. The van der Waals surface area contributed by atoms with Gasteiger partial charge in [-0.3, -0.25) is 0 Å². The first-order valence-corrected chi connectivity index (χ1v) is 19.0. The van der Waals surface area contributed by atoms with Gasteiger partial charge in [-0.2, -0.15) is 0 Å². The third-order valence-electron chi connectivity index (χ3n) is 11.8. The number of para-hydroxylation sites is 1. The summed E-state index contributed by atoms with van der Waals surface area (Å²) < 4.78 is 6.83. The second-order valence-corrected chi connectivity index (χ2v) is 14.7. The molecular formula is C54H32O. The lowest BCUT2D eigenvalue weighted by Gasteiger charge is -2.24. The van der Waals surface area contributed by atoms with Gasteiger partial charge in [0.05, 0.1) is 0 Å². The smallest absolute Gasteiger partial charge is 0.143 e. The van der Waals surface area contributed by atoms with Crippen LogP contribution in [0.5, 0.6) is 0 Å². The van der Waals surface area contributed by atoms with Crippen LogP contribution in [0.15, 0.2) is 199 Å². The maximum absolute atomic E-state index is 6.83. The number of fused-ring (bicyclic) bond motifs is 14. The van der Waals surface area contributed by atoms with Crippen molar-refractivity contribution >= 4 is 54.3 Å². The highest BCUT2D eigenvalue weighted by Crippen LogP contribution is 2.51. The lowest BCUT2D eigenvalue weighted by molar-refractivity contribution is 0.670. The zero-order chi connectivity index (χ0) is 36.0. The second kappa shape index (κ2) is 11.6. The van der Waals surface area contributed by atoms with Gasteiger partial charge < -0.3 is 4.42 Å². The third kappa shape index (κ3) is 4.41. The first kappa shape index (κ1) is 30.3. The minimum atomic E-state index is 0.914. The third-order valence-corrected chi connectivity index (χ3v) is 11.8. The Morgan fingerprint density at radius 3 is 1.24 bits per heavy atom. The quantitative estimate of drug-likeness (QED) is 0.164. The summed E-state index contributed by atoms with van der Waals surface area (Å²) in [6, 6.07) is 71.2. The molecule has 55 heavy (non-hydrogen) atoms. The van der Waals surface area contributed by atoms with Crippen LogP contribution in [0.1, 0.15) is 0 Å². The van der Waals surface area contributed by atoms with Gasteiger partial charge in [-0.25, -0.2) is 0 Å². The van der Waals surface area contributed by atoms with Gasteiger partial charge in [0.1, 0.15) is 11.2 Å². The van der Waals surface area contributed by atoms with Gasteiger partial charge in [0.15, 0.2) is 0 Å². The molecule has 0 radical (unpaired) electrons. The average molecular weight is 697 g/mol. The van der Waals surface area contributed by atoms with Gasteiger partial charge in [-0.15, -0.1) is 0 Å². The van der Waals surface area contributed by atoms with Gasteiger partial charge in [-0.05, 0) is 106 Å². The normalized spacial score (nSPS) is 12.0. The number of rotatable bonds is 2. The highest BCUT2D eigenvalue weighted by atomic mass is 16.3. The number of hydrogen-bond acceptors (Lipinski definition) is 1. The summed E-state index contributed by atoms with van der Waals surface area (Å²) in [5.41, 5.74) is 16.6. The van der Waals surface area contributed by atoms with Crippen LogP contribution in [0.3, 0.4) is 0 Å². The molecule has 1 heteroatoms. The highest BCUT2D eigenvalue weighted by molar-refractivity contribution is 6.25. The van der Waals surface area contributed by atoms with Crippen LogP contribution in [0.2, 0.25) is 0 Å². The lowest BCUT2D eigenvalue weighted by Crippen LogP contribution is -1.97. The van der Waals surface area contributed by atoms with Crippen molar-refractivity contribution < 1.29 is 4.42 Å². The molecule has 1 aliphatic rings. The minimum Gasteiger partial charge on any atom is -0.455 e. The van der Waals surface area contributed by atoms with Crippen molar-refractivity contribution in [2.75, 3.05) is 0 Å². The van der Waals surface area contributed by atoms with Gasteiger partial charge in [0, 0.05) is 21.9 Å². The van der Waals surface area contributed by atoms with E-state index < -0.39 is 0 Å². The highest BCUT2D eigenvalue weighted by Gasteiger charge is 2.24. The Bertz CT molecular complexity index is 3320. The van der Waals surface area contributed by atoms with Crippen LogP contribution in [-0.2, 0) is 0 Å². The molecule has 0 aliphatic heterocycles. The Kier molecular flexibility index (Phi) is 6.40. The molecule has 0 fully saturated rings. The molecule has 0 spiro atoms. The topological polar surface area (TPSA) is 13.1 Å². The van der Waals surface area contributed by atoms with Gasteiger partial charge in [0.2, 0.25) is 0 Å². The Balaban J connectivity index is 1.15. The van der Waals surface area contributed by atoms with Crippen LogP contribution in [0.25, 0.3) is 121 Å². The Labute approximate surface area is 318 Å². The van der Waals surface area contributed by atoms with E-state index in [0.717, 1.165) is 27.5 Å². The van der Waals surface area contributed by atoms with E-state index >= 15 is 0 Å². The number of benzene rings is 10. The Hall–Kier alpha value is -7.22. The molecule has 0 atom stereocenters. The fourth-order valence-corrected chi connectivity index (χ4v) is 9.43. The van der Waals surface area contributed by atoms with E-state index in [-0.39, 0.29) is 0 Å². The fraction of sp³-hybridized carbons (Fsp3) is 0. The molecule has 0 saturated heterocycles. The summed E-state index contributed by atoms with van der Waals surface area (Å²) >= 11 is 0. The van der Waals surface area contributed by atoms with Gasteiger partial charge in [0.25, 0.3) is 0 Å². The van der Waals surface area contributed by atoms with Crippen LogP contribution in [0, 0.1) is 0 Å². The lowest BCUT2D eigenvalue weighted by atomic mass is 9.79. The molecule has 11 aromatic rings. The van der Waals surface area contributed by atoms with Crippen molar-refractivity contribution in [3.63, 3.8) is 0 Å². The van der Waals surface area contributed by atoms with Crippen LogP contribution in [0.4, 0.5) is 0 Å². The Morgan fingerprint density at radius 1 is 0.255 bits per heavy atom. The summed E-state index contributed by atoms with van der Waals surface area (Å²) in [6.45, 7) is 0. The van der Waals surface area contributed by atoms with Crippen LogP contribution >= 0.6 is 0 Å². The van der Waals surface area contributed by atoms with Crippen molar-refractivity contribution in [1.82, 2.24) is 0 Å². The molecule has 1 aliphatic carbocycles. The Morgan fingerprint density at radius 2 is 0.673 bits per heavy atom. The SMILES string of the molecule is c1ccc2c(c1)-c1ccccc1-c1ccc(-c3c4ccccc4c(-c4cccc5c4oc4cc6ccccc6cc45)c4ccccc34)cc1-c1ccccc1-2. The molecule has 1 aromatic heterocycles. The molecule has 254 valence electrons. The van der Waals surface area contributed by atoms with Crippen molar-refractivity contribution in [3.05, 3.63) is 194 Å². The van der Waals surface area contributed by atoms with Gasteiger partial charge >= 0.3 is 0 Å². The number of hydrogen-bond donors (Lipinski definition) is 0. The monoisotopic (exact) mass is 696 g/mol. The van der Waals surface area contributed by atoms with E-state index in [1.54, 1.807) is 0 Å². The molecule has 0 bridgehead atoms. The van der Waals surface area contributed by atoms with E-state index in [2.05, 4.69) is 194 Å². The predicted octanol–water partition coefficient (Wildman–Crippen LogP) is 15.4. The minimum absolute atomic E-state index is 0.914. The van der Waals surface area contributed by atoms with E-state index in [1.165, 1.54) is 93.5 Å². The van der Waals surface area contributed by atoms with Crippen LogP contribution < -0.4 is 0 Å². The number of furan rings is 1. The van der Waals surface area contributed by atoms with Crippen molar-refractivity contribution in [3.8, 4) is 66.8 Å². The maximum atomic E-state index is 6.83. The first-order valence-electron chi connectivity index (χ1n) is 19.0. The zero-order valence-corrected chi connectivity index (χ0v) is 29.9. The standard InChI is InChI=1S/C54H32O/c1-2-15-34-32-51-50(30-33(34)14-1)47-26-13-27-48(54(47)55-51)53-45-24-11-9-22-43(45)52(44-23-10-12-25-46(44)53)35-28-29-42-40-20-6-5-18-38(40)36-16-3-4-17-37(36)39-19-7-8-21-41(39)49(42)31-35/h1-32H. The second-order valence-electron chi connectivity index (χ2n) is 14.7. The summed E-state index contributed by atoms with van der Waals surface area (Å²) in [5, 5.41) is 9.54. The van der Waals surface area contributed by atoms with E-state index in [9.17, 15) is 0 Å². The largest absolute Gasteiger partial charge is 0.455 e. The summed E-state index contributed by atoms with van der Waals surface area (Å²) in [6.07, 6.45) is 0. The van der Waals surface area contributed by atoms with Crippen LogP contribution in [-0.4, -0.2) is 0 Å². The molecule has 0 amide bonds. The summed E-state index contributed by atoms with van der Waals surface area (Å²) in [4.78, 5) is 0. The molecule has 10 aromatic carbocycles.